The van der Waals surface area contributed by atoms with Gasteiger partial charge in [0, 0.05) is 22.8 Å². The van der Waals surface area contributed by atoms with Crippen LogP contribution < -0.4 is 14.8 Å². The zero-order chi connectivity index (χ0) is 19.1. The zero-order valence-corrected chi connectivity index (χ0v) is 16.5. The molecule has 1 N–H and O–H groups in total. The summed E-state index contributed by atoms with van der Waals surface area (Å²) in [6.45, 7) is 2.16. The van der Waals surface area contributed by atoms with Crippen LogP contribution in [0.2, 0.25) is 0 Å². The van der Waals surface area contributed by atoms with Crippen molar-refractivity contribution in [1.82, 2.24) is 4.90 Å². The highest BCUT2D eigenvalue weighted by molar-refractivity contribution is 9.10. The average molecular weight is 421 g/mol. The van der Waals surface area contributed by atoms with Crippen molar-refractivity contribution in [2.45, 2.75) is 6.92 Å². The van der Waals surface area contributed by atoms with Crippen molar-refractivity contribution in [1.29, 1.82) is 0 Å². The molecule has 2 amide bonds. The molecule has 0 bridgehead atoms. The van der Waals surface area contributed by atoms with Crippen LogP contribution in [-0.2, 0) is 4.79 Å². The molecule has 0 fully saturated rings. The van der Waals surface area contributed by atoms with Gasteiger partial charge in [0.2, 0.25) is 5.91 Å². The summed E-state index contributed by atoms with van der Waals surface area (Å²) < 4.78 is 11.0. The zero-order valence-electron chi connectivity index (χ0n) is 14.9. The lowest BCUT2D eigenvalue weighted by atomic mass is 10.2. The quantitative estimate of drug-likeness (QED) is 0.743. The fourth-order valence-electron chi connectivity index (χ4n) is 2.37. The van der Waals surface area contributed by atoms with E-state index < -0.39 is 0 Å². The molecular formula is C19H21BrN2O4. The van der Waals surface area contributed by atoms with Crippen LogP contribution in [0.1, 0.15) is 17.3 Å². The summed E-state index contributed by atoms with van der Waals surface area (Å²) in [7, 11) is 3.10. The van der Waals surface area contributed by atoms with Crippen LogP contribution in [0.25, 0.3) is 0 Å². The molecular weight excluding hydrogens is 400 g/mol. The molecule has 0 saturated carbocycles. The van der Waals surface area contributed by atoms with Gasteiger partial charge in [-0.05, 0) is 53.2 Å². The molecule has 2 aromatic rings. The van der Waals surface area contributed by atoms with E-state index in [-0.39, 0.29) is 18.4 Å². The summed E-state index contributed by atoms with van der Waals surface area (Å²) in [6.07, 6.45) is 0. The van der Waals surface area contributed by atoms with Gasteiger partial charge in [0.05, 0.1) is 19.8 Å². The van der Waals surface area contributed by atoms with E-state index in [1.807, 2.05) is 6.92 Å². The van der Waals surface area contributed by atoms with Crippen molar-refractivity contribution in [2.24, 2.45) is 0 Å². The number of carbonyl (C=O) groups is 2. The predicted octanol–water partition coefficient (Wildman–Crippen LogP) is 3.57. The summed E-state index contributed by atoms with van der Waals surface area (Å²) in [4.78, 5) is 26.6. The molecule has 0 radical (unpaired) electrons. The van der Waals surface area contributed by atoms with Crippen LogP contribution in [-0.4, -0.2) is 44.0 Å². The number of hydrogen-bond donors (Lipinski definition) is 1. The topological polar surface area (TPSA) is 67.9 Å². The van der Waals surface area contributed by atoms with Crippen molar-refractivity contribution >= 4 is 33.4 Å². The number of halogens is 1. The molecule has 0 heterocycles. The normalized spacial score (nSPS) is 10.2. The van der Waals surface area contributed by atoms with Crippen LogP contribution in [0, 0.1) is 0 Å². The van der Waals surface area contributed by atoms with E-state index in [9.17, 15) is 9.59 Å². The van der Waals surface area contributed by atoms with E-state index in [0.29, 0.717) is 33.8 Å². The summed E-state index contributed by atoms with van der Waals surface area (Å²) in [6, 6.07) is 12.2. The molecule has 6 nitrogen and oxygen atoms in total. The smallest absolute Gasteiger partial charge is 0.255 e. The van der Waals surface area contributed by atoms with Crippen LogP contribution in [0.4, 0.5) is 5.69 Å². The minimum absolute atomic E-state index is 0.0593. The van der Waals surface area contributed by atoms with Gasteiger partial charge in [-0.2, -0.15) is 0 Å². The highest BCUT2D eigenvalue weighted by Gasteiger charge is 2.20. The molecule has 0 saturated heterocycles. The number of likely N-dealkylation sites (N-methyl/N-ethyl adjacent to an activating group) is 1. The second-order valence-electron chi connectivity index (χ2n) is 5.45. The Balaban J connectivity index is 2.10. The highest BCUT2D eigenvalue weighted by atomic mass is 79.9. The van der Waals surface area contributed by atoms with E-state index in [4.69, 9.17) is 9.47 Å². The molecule has 0 unspecified atom stereocenters. The number of benzene rings is 2. The number of nitrogens with one attached hydrogen (secondary N) is 1. The molecule has 26 heavy (non-hydrogen) atoms. The molecule has 2 aromatic carbocycles. The number of ether oxygens (including phenoxy) is 2. The summed E-state index contributed by atoms with van der Waals surface area (Å²) in [5.41, 5.74) is 1.06. The van der Waals surface area contributed by atoms with E-state index >= 15 is 0 Å². The van der Waals surface area contributed by atoms with Gasteiger partial charge in [0.25, 0.3) is 5.91 Å². The van der Waals surface area contributed by atoms with Crippen LogP contribution in [0.15, 0.2) is 46.9 Å². The Kier molecular flexibility index (Phi) is 7.03. The molecule has 7 heteroatoms. The molecule has 0 spiro atoms. The number of anilines is 1. The maximum Gasteiger partial charge on any atom is 0.255 e. The Morgan fingerprint density at radius 1 is 1.08 bits per heavy atom. The van der Waals surface area contributed by atoms with Gasteiger partial charge in [-0.15, -0.1) is 0 Å². The van der Waals surface area contributed by atoms with Gasteiger partial charge in [0.1, 0.15) is 18.0 Å². The average Bonchev–Trinajstić information content (AvgIpc) is 2.66. The molecule has 0 aliphatic carbocycles. The Morgan fingerprint density at radius 2 is 1.77 bits per heavy atom. The van der Waals surface area contributed by atoms with Crippen LogP contribution in [0.3, 0.4) is 0 Å². The molecule has 0 aromatic heterocycles. The number of carbonyl (C=O) groups excluding carboxylic acids is 2. The second kappa shape index (κ2) is 9.24. The first-order chi connectivity index (χ1) is 12.5. The van der Waals surface area contributed by atoms with Gasteiger partial charge >= 0.3 is 0 Å². The standard InChI is InChI=1S/C19H21BrN2O4/c1-4-22(19(24)16-11-15(26-3)8-9-17(16)20)12-18(23)21-13-6-5-7-14(10-13)25-2/h5-11H,4,12H2,1-3H3,(H,21,23). The summed E-state index contributed by atoms with van der Waals surface area (Å²) in [5, 5.41) is 2.78. The van der Waals surface area contributed by atoms with E-state index in [1.54, 1.807) is 49.6 Å². The van der Waals surface area contributed by atoms with Crippen molar-refractivity contribution in [3.8, 4) is 11.5 Å². The van der Waals surface area contributed by atoms with Crippen molar-refractivity contribution in [2.75, 3.05) is 32.6 Å². The predicted molar refractivity (Wildman–Crippen MR) is 104 cm³/mol. The molecule has 2 rings (SSSR count). The molecule has 0 atom stereocenters. The largest absolute Gasteiger partial charge is 0.497 e. The number of nitrogens with zero attached hydrogens (tertiary/aromatic N) is 1. The maximum atomic E-state index is 12.8. The lowest BCUT2D eigenvalue weighted by Gasteiger charge is -2.21. The number of hydrogen-bond acceptors (Lipinski definition) is 4. The van der Waals surface area contributed by atoms with E-state index in [2.05, 4.69) is 21.2 Å². The first-order valence-corrected chi connectivity index (χ1v) is 8.84. The minimum atomic E-state index is -0.285. The number of amides is 2. The van der Waals surface area contributed by atoms with Crippen molar-refractivity contribution < 1.29 is 19.1 Å². The SMILES string of the molecule is CCN(CC(=O)Nc1cccc(OC)c1)C(=O)c1cc(OC)ccc1Br. The van der Waals surface area contributed by atoms with Crippen LogP contribution >= 0.6 is 15.9 Å². The van der Waals surface area contributed by atoms with Gasteiger partial charge < -0.3 is 19.7 Å². The molecule has 0 aliphatic heterocycles. The van der Waals surface area contributed by atoms with Gasteiger partial charge in [0.15, 0.2) is 0 Å². The van der Waals surface area contributed by atoms with E-state index in [0.717, 1.165) is 0 Å². The lowest BCUT2D eigenvalue weighted by Crippen LogP contribution is -2.38. The lowest BCUT2D eigenvalue weighted by molar-refractivity contribution is -0.116. The first-order valence-electron chi connectivity index (χ1n) is 8.05. The fourth-order valence-corrected chi connectivity index (χ4v) is 2.78. The fraction of sp³-hybridized carbons (Fsp3) is 0.263. The molecule has 138 valence electrons. The summed E-state index contributed by atoms with van der Waals surface area (Å²) >= 11 is 3.38. The minimum Gasteiger partial charge on any atom is -0.497 e. The monoisotopic (exact) mass is 420 g/mol. The second-order valence-corrected chi connectivity index (χ2v) is 6.30. The van der Waals surface area contributed by atoms with Crippen LogP contribution in [0.5, 0.6) is 11.5 Å². The molecule has 0 aliphatic rings. The van der Waals surface area contributed by atoms with Crippen molar-refractivity contribution in [3.63, 3.8) is 0 Å². The van der Waals surface area contributed by atoms with Crippen molar-refractivity contribution in [3.05, 3.63) is 52.5 Å². The third-order valence-corrected chi connectivity index (χ3v) is 4.45. The van der Waals surface area contributed by atoms with Gasteiger partial charge in [-0.1, -0.05) is 6.07 Å². The summed E-state index contributed by atoms with van der Waals surface area (Å²) in [5.74, 6) is 0.687. The van der Waals surface area contributed by atoms with Gasteiger partial charge in [-0.25, -0.2) is 0 Å². The Hall–Kier alpha value is -2.54. The Morgan fingerprint density at radius 3 is 2.42 bits per heavy atom. The third kappa shape index (κ3) is 4.98. The third-order valence-electron chi connectivity index (χ3n) is 3.76. The van der Waals surface area contributed by atoms with E-state index in [1.165, 1.54) is 12.0 Å². The number of methoxy groups -OCH3 is 2. The Bertz CT molecular complexity index is 795. The first kappa shape index (κ1) is 19.8. The van der Waals surface area contributed by atoms with Gasteiger partial charge in [-0.3, -0.25) is 9.59 Å². The Labute approximate surface area is 161 Å². The highest BCUT2D eigenvalue weighted by Crippen LogP contribution is 2.24. The number of rotatable bonds is 7. The maximum absolute atomic E-state index is 12.8.